The molecule has 0 radical (unpaired) electrons. The Balaban J connectivity index is 1.91. The first-order chi connectivity index (χ1) is 12.5. The highest BCUT2D eigenvalue weighted by Gasteiger charge is 2.16. The van der Waals surface area contributed by atoms with Crippen LogP contribution in [0.1, 0.15) is 28.5 Å². The van der Waals surface area contributed by atoms with Crippen molar-refractivity contribution in [2.45, 2.75) is 40.0 Å². The molecule has 0 saturated heterocycles. The van der Waals surface area contributed by atoms with Gasteiger partial charge >= 0.3 is 0 Å². The lowest BCUT2D eigenvalue weighted by atomic mass is 10.1. The molecule has 0 unspecified atom stereocenters. The largest absolute Gasteiger partial charge is 0.481 e. The van der Waals surface area contributed by atoms with Gasteiger partial charge in [0.05, 0.1) is 18.7 Å². The third-order valence-corrected chi connectivity index (χ3v) is 5.47. The Morgan fingerprint density at radius 3 is 2.65 bits per heavy atom. The molecule has 0 aliphatic carbocycles. The molecule has 0 aliphatic heterocycles. The Morgan fingerprint density at radius 1 is 1.19 bits per heavy atom. The first kappa shape index (κ1) is 18.8. The Morgan fingerprint density at radius 2 is 2.00 bits per heavy atom. The molecule has 1 aromatic carbocycles. The van der Waals surface area contributed by atoms with Crippen LogP contribution in [-0.4, -0.2) is 34.7 Å². The molecular formula is C21H26N2O2S. The van der Waals surface area contributed by atoms with Crippen LogP contribution >= 0.6 is 11.3 Å². The second-order valence-corrected chi connectivity index (χ2v) is 7.90. The molecule has 0 bridgehead atoms. The molecule has 0 fully saturated rings. The third kappa shape index (κ3) is 4.41. The van der Waals surface area contributed by atoms with Crippen LogP contribution in [0.2, 0.25) is 0 Å². The molecule has 2 heterocycles. The Labute approximate surface area is 159 Å². The van der Waals surface area contributed by atoms with Gasteiger partial charge in [0.1, 0.15) is 0 Å². The van der Waals surface area contributed by atoms with Gasteiger partial charge in [-0.1, -0.05) is 12.1 Å². The maximum atomic E-state index is 9.94. The van der Waals surface area contributed by atoms with E-state index < -0.39 is 6.10 Å². The summed E-state index contributed by atoms with van der Waals surface area (Å²) in [7, 11) is 1.66. The number of rotatable bonds is 7. The maximum Gasteiger partial charge on any atom is 0.218 e. The number of aromatic nitrogens is 1. The summed E-state index contributed by atoms with van der Waals surface area (Å²) in [5.41, 5.74) is 4.47. The Kier molecular flexibility index (Phi) is 5.91. The highest BCUT2D eigenvalue weighted by molar-refractivity contribution is 7.10. The summed E-state index contributed by atoms with van der Waals surface area (Å²) in [5, 5.41) is 13.2. The van der Waals surface area contributed by atoms with Gasteiger partial charge in [-0.05, 0) is 55.5 Å². The van der Waals surface area contributed by atoms with E-state index in [0.717, 1.165) is 23.0 Å². The van der Waals surface area contributed by atoms with Crippen LogP contribution in [0.5, 0.6) is 5.88 Å². The van der Waals surface area contributed by atoms with Crippen molar-refractivity contribution in [2.24, 2.45) is 0 Å². The quantitative estimate of drug-likeness (QED) is 0.673. The summed E-state index contributed by atoms with van der Waals surface area (Å²) < 4.78 is 5.56. The monoisotopic (exact) mass is 370 g/mol. The molecule has 26 heavy (non-hydrogen) atoms. The van der Waals surface area contributed by atoms with Crippen molar-refractivity contribution < 1.29 is 9.84 Å². The normalized spacial score (nSPS) is 12.7. The number of aliphatic hydroxyl groups is 1. The fourth-order valence-corrected chi connectivity index (χ4v) is 4.11. The van der Waals surface area contributed by atoms with E-state index in [4.69, 9.17) is 9.72 Å². The van der Waals surface area contributed by atoms with Crippen molar-refractivity contribution in [3.63, 3.8) is 0 Å². The molecule has 1 N–H and O–H groups in total. The topological polar surface area (TPSA) is 45.6 Å². The lowest BCUT2D eigenvalue weighted by Crippen LogP contribution is -2.30. The number of ether oxygens (including phenoxy) is 1. The van der Waals surface area contributed by atoms with Crippen LogP contribution in [0.15, 0.2) is 35.7 Å². The number of aliphatic hydroxyl groups excluding tert-OH is 1. The summed E-state index contributed by atoms with van der Waals surface area (Å²) in [4.78, 5) is 8.27. The number of thiophene rings is 1. The molecule has 0 spiro atoms. The maximum absolute atomic E-state index is 9.94. The van der Waals surface area contributed by atoms with Gasteiger partial charge in [0.2, 0.25) is 5.88 Å². The SMILES string of the molecule is COc1nc2cc(C)ccc2cc1CN(Cc1sccc1C)C[C@H](C)O. The number of nitrogens with zero attached hydrogens (tertiary/aromatic N) is 2. The van der Waals surface area contributed by atoms with E-state index >= 15 is 0 Å². The van der Waals surface area contributed by atoms with Gasteiger partial charge in [0.25, 0.3) is 0 Å². The zero-order chi connectivity index (χ0) is 18.7. The molecule has 0 aliphatic rings. The Bertz CT molecular complexity index is 889. The molecule has 0 amide bonds. The zero-order valence-corrected chi connectivity index (χ0v) is 16.6. The summed E-state index contributed by atoms with van der Waals surface area (Å²) in [6.07, 6.45) is -0.391. The van der Waals surface area contributed by atoms with Gasteiger partial charge in [0, 0.05) is 35.5 Å². The summed E-state index contributed by atoms with van der Waals surface area (Å²) in [5.74, 6) is 0.654. The molecule has 2 aromatic heterocycles. The summed E-state index contributed by atoms with van der Waals surface area (Å²) in [6, 6.07) is 10.6. The molecule has 3 rings (SSSR count). The van der Waals surface area contributed by atoms with E-state index in [-0.39, 0.29) is 0 Å². The average molecular weight is 371 g/mol. The number of pyridine rings is 1. The van der Waals surface area contributed by atoms with Gasteiger partial charge in [0.15, 0.2) is 0 Å². The van der Waals surface area contributed by atoms with Crippen LogP contribution in [0, 0.1) is 13.8 Å². The Hall–Kier alpha value is -1.95. The van der Waals surface area contributed by atoms with Crippen molar-refractivity contribution in [1.82, 2.24) is 9.88 Å². The van der Waals surface area contributed by atoms with Crippen molar-refractivity contribution in [2.75, 3.05) is 13.7 Å². The van der Waals surface area contributed by atoms with Crippen LogP contribution in [0.25, 0.3) is 10.9 Å². The molecule has 0 saturated carbocycles. The first-order valence-corrected chi connectivity index (χ1v) is 9.72. The number of methoxy groups -OCH3 is 1. The van der Waals surface area contributed by atoms with Crippen LogP contribution in [0.4, 0.5) is 0 Å². The van der Waals surface area contributed by atoms with Crippen molar-refractivity contribution in [1.29, 1.82) is 0 Å². The van der Waals surface area contributed by atoms with Gasteiger partial charge in [-0.25, -0.2) is 4.98 Å². The van der Waals surface area contributed by atoms with Crippen LogP contribution in [-0.2, 0) is 13.1 Å². The minimum atomic E-state index is -0.391. The fraction of sp³-hybridized carbons (Fsp3) is 0.381. The van der Waals surface area contributed by atoms with Gasteiger partial charge in [-0.3, -0.25) is 4.90 Å². The minimum absolute atomic E-state index is 0.391. The van der Waals surface area contributed by atoms with Crippen molar-refractivity contribution in [3.8, 4) is 5.88 Å². The van der Waals surface area contributed by atoms with Crippen LogP contribution < -0.4 is 4.74 Å². The van der Waals surface area contributed by atoms with E-state index in [9.17, 15) is 5.11 Å². The highest BCUT2D eigenvalue weighted by atomic mass is 32.1. The standard InChI is InChI=1S/C21H26N2O2S/c1-14-5-6-17-10-18(21(25-4)22-19(17)9-14)12-23(11-16(3)24)13-20-15(2)7-8-26-20/h5-10,16,24H,11-13H2,1-4H3/t16-/m0/s1. The van der Waals surface area contributed by atoms with E-state index in [2.05, 4.69) is 54.5 Å². The predicted molar refractivity (Wildman–Crippen MR) is 108 cm³/mol. The number of hydrogen-bond acceptors (Lipinski definition) is 5. The van der Waals surface area contributed by atoms with Gasteiger partial charge in [-0.15, -0.1) is 11.3 Å². The number of hydrogen-bond donors (Lipinski definition) is 1. The lowest BCUT2D eigenvalue weighted by molar-refractivity contribution is 0.118. The fourth-order valence-electron chi connectivity index (χ4n) is 3.16. The van der Waals surface area contributed by atoms with Crippen LogP contribution in [0.3, 0.4) is 0 Å². The average Bonchev–Trinajstić information content (AvgIpc) is 2.98. The smallest absolute Gasteiger partial charge is 0.218 e. The minimum Gasteiger partial charge on any atom is -0.481 e. The zero-order valence-electron chi connectivity index (χ0n) is 15.8. The van der Waals surface area contributed by atoms with Crippen molar-refractivity contribution in [3.05, 3.63) is 57.3 Å². The van der Waals surface area contributed by atoms with Gasteiger partial charge < -0.3 is 9.84 Å². The number of aryl methyl sites for hydroxylation is 2. The molecule has 138 valence electrons. The van der Waals surface area contributed by atoms with E-state index in [0.29, 0.717) is 19.0 Å². The highest BCUT2D eigenvalue weighted by Crippen LogP contribution is 2.26. The second kappa shape index (κ2) is 8.16. The summed E-state index contributed by atoms with van der Waals surface area (Å²) >= 11 is 1.76. The summed E-state index contributed by atoms with van der Waals surface area (Å²) in [6.45, 7) is 8.12. The molecular weight excluding hydrogens is 344 g/mol. The van der Waals surface area contributed by atoms with E-state index in [1.807, 2.05) is 6.92 Å². The number of fused-ring (bicyclic) bond motifs is 1. The van der Waals surface area contributed by atoms with E-state index in [1.54, 1.807) is 18.4 Å². The second-order valence-electron chi connectivity index (χ2n) is 6.90. The third-order valence-electron chi connectivity index (χ3n) is 4.46. The van der Waals surface area contributed by atoms with E-state index in [1.165, 1.54) is 16.0 Å². The van der Waals surface area contributed by atoms with Gasteiger partial charge in [-0.2, -0.15) is 0 Å². The molecule has 3 aromatic rings. The molecule has 1 atom stereocenters. The molecule has 4 nitrogen and oxygen atoms in total. The lowest BCUT2D eigenvalue weighted by Gasteiger charge is -2.24. The van der Waals surface area contributed by atoms with Crippen molar-refractivity contribution >= 4 is 22.2 Å². The first-order valence-electron chi connectivity index (χ1n) is 8.84. The predicted octanol–water partition coefficient (Wildman–Crippen LogP) is 4.30. The number of benzene rings is 1. The molecule has 5 heteroatoms.